The monoisotopic (exact) mass is 370 g/mol. The number of likely N-dealkylation sites (tertiary alicyclic amines) is 1. The number of nitrogens with zero attached hydrogens (tertiary/aromatic N) is 2. The number of nitrogens with one attached hydrogen (secondary N) is 2. The molecule has 0 aliphatic carbocycles. The number of H-pyrrole nitrogens is 2. The van der Waals surface area contributed by atoms with Gasteiger partial charge in [0, 0.05) is 37.3 Å². The Bertz CT molecular complexity index is 867. The second kappa shape index (κ2) is 8.81. The number of rotatable bonds is 6. The molecule has 1 fully saturated rings. The first kappa shape index (κ1) is 19.1. The molecule has 1 aliphatic rings. The van der Waals surface area contributed by atoms with E-state index < -0.39 is 11.1 Å². The Kier molecular flexibility index (Phi) is 6.24. The van der Waals surface area contributed by atoms with E-state index in [2.05, 4.69) is 46.3 Å². The zero-order chi connectivity index (χ0) is 19.2. The second-order valence-corrected chi connectivity index (χ2v) is 6.95. The van der Waals surface area contributed by atoms with Crippen LogP contribution in [-0.4, -0.2) is 51.6 Å². The lowest BCUT2D eigenvalue weighted by molar-refractivity contribution is -0.132. The SMILES string of the molecule is CCN(Cc1ccccc1)C1CCN(C(=O)Cc2cc(=O)[nH][nH]c2=O)CC1. The van der Waals surface area contributed by atoms with Crippen molar-refractivity contribution in [1.29, 1.82) is 0 Å². The summed E-state index contributed by atoms with van der Waals surface area (Å²) in [5, 5.41) is 4.47. The minimum absolute atomic E-state index is 0.0363. The van der Waals surface area contributed by atoms with Crippen molar-refractivity contribution in [3.05, 3.63) is 68.2 Å². The lowest BCUT2D eigenvalue weighted by Gasteiger charge is -2.38. The highest BCUT2D eigenvalue weighted by atomic mass is 16.2. The van der Waals surface area contributed by atoms with Crippen molar-refractivity contribution in [1.82, 2.24) is 20.0 Å². The van der Waals surface area contributed by atoms with Crippen LogP contribution in [0.15, 0.2) is 46.0 Å². The third kappa shape index (κ3) is 4.95. The first-order valence-electron chi connectivity index (χ1n) is 9.43. The number of hydrogen-bond donors (Lipinski definition) is 2. The maximum absolute atomic E-state index is 12.5. The highest BCUT2D eigenvalue weighted by molar-refractivity contribution is 5.78. The number of aromatic nitrogens is 2. The van der Waals surface area contributed by atoms with Crippen LogP contribution in [-0.2, 0) is 17.8 Å². The Balaban J connectivity index is 1.56. The van der Waals surface area contributed by atoms with Gasteiger partial charge >= 0.3 is 0 Å². The Morgan fingerprint density at radius 3 is 2.52 bits per heavy atom. The topological polar surface area (TPSA) is 89.3 Å². The Morgan fingerprint density at radius 1 is 1.15 bits per heavy atom. The molecule has 1 aromatic carbocycles. The molecule has 1 aliphatic heterocycles. The van der Waals surface area contributed by atoms with Crippen LogP contribution in [0.5, 0.6) is 0 Å². The fourth-order valence-corrected chi connectivity index (χ4v) is 3.66. The average Bonchev–Trinajstić information content (AvgIpc) is 2.70. The van der Waals surface area contributed by atoms with E-state index >= 15 is 0 Å². The molecule has 0 radical (unpaired) electrons. The molecule has 2 aromatic rings. The van der Waals surface area contributed by atoms with E-state index in [1.807, 2.05) is 6.07 Å². The number of aromatic amines is 2. The lowest BCUT2D eigenvalue weighted by Crippen LogP contribution is -2.47. The molecular formula is C20H26N4O3. The molecular weight excluding hydrogens is 344 g/mol. The summed E-state index contributed by atoms with van der Waals surface area (Å²) < 4.78 is 0. The van der Waals surface area contributed by atoms with Gasteiger partial charge < -0.3 is 4.90 Å². The summed E-state index contributed by atoms with van der Waals surface area (Å²) in [6.45, 7) is 5.40. The van der Waals surface area contributed by atoms with E-state index in [0.29, 0.717) is 19.1 Å². The molecule has 1 aromatic heterocycles. The fourth-order valence-electron chi connectivity index (χ4n) is 3.66. The van der Waals surface area contributed by atoms with Crippen molar-refractivity contribution in [2.75, 3.05) is 19.6 Å². The van der Waals surface area contributed by atoms with Crippen LogP contribution in [0.1, 0.15) is 30.9 Å². The zero-order valence-electron chi connectivity index (χ0n) is 15.6. The Morgan fingerprint density at radius 2 is 1.85 bits per heavy atom. The van der Waals surface area contributed by atoms with E-state index in [9.17, 15) is 14.4 Å². The van der Waals surface area contributed by atoms with Crippen LogP contribution in [0.3, 0.4) is 0 Å². The average molecular weight is 370 g/mol. The third-order valence-electron chi connectivity index (χ3n) is 5.21. The molecule has 2 heterocycles. The highest BCUT2D eigenvalue weighted by Crippen LogP contribution is 2.19. The zero-order valence-corrected chi connectivity index (χ0v) is 15.6. The molecule has 2 N–H and O–H groups in total. The summed E-state index contributed by atoms with van der Waals surface area (Å²) in [4.78, 5) is 39.9. The van der Waals surface area contributed by atoms with Gasteiger partial charge in [0.15, 0.2) is 0 Å². The molecule has 0 saturated carbocycles. The van der Waals surface area contributed by atoms with Gasteiger partial charge in [0.05, 0.1) is 6.42 Å². The normalized spacial score (nSPS) is 15.3. The van der Waals surface area contributed by atoms with E-state index in [-0.39, 0.29) is 17.9 Å². The number of carbonyl (C=O) groups excluding carboxylic acids is 1. The van der Waals surface area contributed by atoms with Crippen LogP contribution >= 0.6 is 0 Å². The van der Waals surface area contributed by atoms with Crippen LogP contribution in [0, 0.1) is 0 Å². The lowest BCUT2D eigenvalue weighted by atomic mass is 10.0. The predicted molar refractivity (Wildman–Crippen MR) is 104 cm³/mol. The Hall–Kier alpha value is -2.67. The van der Waals surface area contributed by atoms with Gasteiger partial charge in [-0.3, -0.25) is 29.5 Å². The van der Waals surface area contributed by atoms with Crippen LogP contribution in [0.2, 0.25) is 0 Å². The minimum Gasteiger partial charge on any atom is -0.342 e. The first-order valence-corrected chi connectivity index (χ1v) is 9.43. The van der Waals surface area contributed by atoms with E-state index in [1.54, 1.807) is 4.90 Å². The van der Waals surface area contributed by atoms with Gasteiger partial charge in [-0.2, -0.15) is 0 Å². The van der Waals surface area contributed by atoms with Crippen LogP contribution in [0.25, 0.3) is 0 Å². The summed E-state index contributed by atoms with van der Waals surface area (Å²) in [6, 6.07) is 12.1. The largest absolute Gasteiger partial charge is 0.342 e. The quantitative estimate of drug-likeness (QED) is 0.797. The van der Waals surface area contributed by atoms with Gasteiger partial charge in [-0.25, -0.2) is 0 Å². The molecule has 0 spiro atoms. The molecule has 7 nitrogen and oxygen atoms in total. The van der Waals surface area contributed by atoms with E-state index in [0.717, 1.165) is 25.9 Å². The van der Waals surface area contributed by atoms with E-state index in [1.165, 1.54) is 11.6 Å². The molecule has 27 heavy (non-hydrogen) atoms. The summed E-state index contributed by atoms with van der Waals surface area (Å²) in [5.41, 5.74) is 0.685. The van der Waals surface area contributed by atoms with E-state index in [4.69, 9.17) is 0 Å². The maximum Gasteiger partial charge on any atom is 0.266 e. The maximum atomic E-state index is 12.5. The smallest absolute Gasteiger partial charge is 0.266 e. The van der Waals surface area contributed by atoms with Crippen molar-refractivity contribution in [3.8, 4) is 0 Å². The van der Waals surface area contributed by atoms with Crippen LogP contribution < -0.4 is 11.1 Å². The van der Waals surface area contributed by atoms with Crippen molar-refractivity contribution in [2.45, 2.75) is 38.8 Å². The minimum atomic E-state index is -0.419. The van der Waals surface area contributed by atoms with Crippen molar-refractivity contribution >= 4 is 5.91 Å². The molecule has 0 bridgehead atoms. The first-order chi connectivity index (χ1) is 13.1. The second-order valence-electron chi connectivity index (χ2n) is 6.95. The van der Waals surface area contributed by atoms with Crippen LogP contribution in [0.4, 0.5) is 0 Å². The van der Waals surface area contributed by atoms with Crippen molar-refractivity contribution in [3.63, 3.8) is 0 Å². The molecule has 7 heteroatoms. The number of benzene rings is 1. The third-order valence-corrected chi connectivity index (χ3v) is 5.21. The number of carbonyl (C=O) groups is 1. The summed E-state index contributed by atoms with van der Waals surface area (Å²) >= 11 is 0. The summed E-state index contributed by atoms with van der Waals surface area (Å²) in [7, 11) is 0. The van der Waals surface area contributed by atoms with Gasteiger partial charge in [0.1, 0.15) is 0 Å². The van der Waals surface area contributed by atoms with Gasteiger partial charge in [0.25, 0.3) is 11.1 Å². The molecule has 144 valence electrons. The predicted octanol–water partition coefficient (Wildman–Crippen LogP) is 1.12. The molecule has 1 saturated heterocycles. The van der Waals surface area contributed by atoms with Gasteiger partial charge in [-0.1, -0.05) is 37.3 Å². The molecule has 0 unspecified atom stereocenters. The summed E-state index contributed by atoms with van der Waals surface area (Å²) in [6.07, 6.45) is 1.79. The van der Waals surface area contributed by atoms with Crippen molar-refractivity contribution in [2.24, 2.45) is 0 Å². The number of piperidine rings is 1. The fraction of sp³-hybridized carbons (Fsp3) is 0.450. The summed E-state index contributed by atoms with van der Waals surface area (Å²) in [5.74, 6) is -0.101. The molecule has 0 atom stereocenters. The Labute approximate surface area is 158 Å². The number of amides is 1. The van der Waals surface area contributed by atoms with Gasteiger partial charge in [-0.05, 0) is 24.9 Å². The molecule has 1 amide bonds. The molecule has 3 rings (SSSR count). The van der Waals surface area contributed by atoms with Gasteiger partial charge in [0.2, 0.25) is 5.91 Å². The van der Waals surface area contributed by atoms with Crippen molar-refractivity contribution < 1.29 is 4.79 Å². The highest BCUT2D eigenvalue weighted by Gasteiger charge is 2.26. The standard InChI is InChI=1S/C20H26N4O3/c1-2-23(14-15-6-4-3-5-7-15)17-8-10-24(11-9-17)19(26)13-16-12-18(25)21-22-20(16)27/h3-7,12,17H,2,8-11,13-14H2,1H3,(H,21,25)(H,22,27). The number of hydrogen-bond acceptors (Lipinski definition) is 4. The van der Waals surface area contributed by atoms with Gasteiger partial charge in [-0.15, -0.1) is 0 Å².